The molecule has 1 saturated heterocycles. The highest BCUT2D eigenvalue weighted by atomic mass is 79.9. The zero-order valence-electron chi connectivity index (χ0n) is 9.85. The van der Waals surface area contributed by atoms with Crippen LogP contribution in [0.1, 0.15) is 11.1 Å². The van der Waals surface area contributed by atoms with Gasteiger partial charge in [-0.25, -0.2) is 0 Å². The summed E-state index contributed by atoms with van der Waals surface area (Å²) in [4.78, 5) is 0. The summed E-state index contributed by atoms with van der Waals surface area (Å²) in [6, 6.07) is 5.92. The minimum Gasteiger partial charge on any atom is -0.195 e. The number of nitrogens with zero attached hydrogens (tertiary/aromatic N) is 2. The van der Waals surface area contributed by atoms with Gasteiger partial charge in [-0.05, 0) is 24.1 Å². The molecule has 1 aliphatic rings. The van der Waals surface area contributed by atoms with E-state index in [0.29, 0.717) is 19.6 Å². The van der Waals surface area contributed by atoms with Gasteiger partial charge in [-0.2, -0.15) is 17.0 Å². The van der Waals surface area contributed by atoms with E-state index in [1.165, 1.54) is 8.61 Å². The van der Waals surface area contributed by atoms with Crippen molar-refractivity contribution in [3.05, 3.63) is 33.8 Å². The van der Waals surface area contributed by atoms with Crippen LogP contribution in [0.5, 0.6) is 0 Å². The van der Waals surface area contributed by atoms with Crippen LogP contribution in [0.15, 0.2) is 22.7 Å². The van der Waals surface area contributed by atoms with Gasteiger partial charge >= 0.3 is 0 Å². The molecule has 1 fully saturated rings. The van der Waals surface area contributed by atoms with Gasteiger partial charge < -0.3 is 0 Å². The van der Waals surface area contributed by atoms with Crippen molar-refractivity contribution in [1.29, 1.82) is 0 Å². The molecule has 0 radical (unpaired) electrons. The second-order valence-corrected chi connectivity index (χ2v) is 7.14. The molecule has 0 unspecified atom stereocenters. The van der Waals surface area contributed by atoms with Gasteiger partial charge in [0.05, 0.1) is 0 Å². The first-order valence-electron chi connectivity index (χ1n) is 5.37. The number of hydrogen-bond acceptors (Lipinski definition) is 2. The van der Waals surface area contributed by atoms with Gasteiger partial charge in [-0.1, -0.05) is 28.1 Å². The van der Waals surface area contributed by atoms with Crippen LogP contribution in [0.2, 0.25) is 0 Å². The van der Waals surface area contributed by atoms with Gasteiger partial charge in [0.15, 0.2) is 0 Å². The number of likely N-dealkylation sites (N-methyl/N-ethyl adjacent to an activating group) is 1. The van der Waals surface area contributed by atoms with Crippen molar-refractivity contribution in [2.45, 2.75) is 13.5 Å². The van der Waals surface area contributed by atoms with Crippen molar-refractivity contribution in [2.24, 2.45) is 0 Å². The van der Waals surface area contributed by atoms with E-state index >= 15 is 0 Å². The summed E-state index contributed by atoms with van der Waals surface area (Å²) in [5.41, 5.74) is 2.14. The molecule has 6 heteroatoms. The molecular formula is C11H15BrN2O2S. The maximum atomic E-state index is 11.9. The van der Waals surface area contributed by atoms with Crippen molar-refractivity contribution in [1.82, 2.24) is 8.61 Å². The Labute approximate surface area is 111 Å². The molecule has 0 aromatic heterocycles. The predicted molar refractivity (Wildman–Crippen MR) is 70.8 cm³/mol. The van der Waals surface area contributed by atoms with Gasteiger partial charge in [-0.15, -0.1) is 0 Å². The van der Waals surface area contributed by atoms with Gasteiger partial charge in [0.2, 0.25) is 0 Å². The summed E-state index contributed by atoms with van der Waals surface area (Å²) in [5, 5.41) is 0. The van der Waals surface area contributed by atoms with Crippen LogP contribution < -0.4 is 0 Å². The maximum absolute atomic E-state index is 11.9. The third kappa shape index (κ3) is 2.54. The topological polar surface area (TPSA) is 40.6 Å². The van der Waals surface area contributed by atoms with Crippen LogP contribution in [0.25, 0.3) is 0 Å². The van der Waals surface area contributed by atoms with Crippen molar-refractivity contribution in [3.63, 3.8) is 0 Å². The first-order valence-corrected chi connectivity index (χ1v) is 7.56. The predicted octanol–water partition coefficient (Wildman–Crippen LogP) is 1.75. The quantitative estimate of drug-likeness (QED) is 0.833. The van der Waals surface area contributed by atoms with Gasteiger partial charge in [0, 0.05) is 31.2 Å². The fourth-order valence-electron chi connectivity index (χ4n) is 1.85. The lowest BCUT2D eigenvalue weighted by atomic mass is 10.1. The Kier molecular flexibility index (Phi) is 3.58. The fourth-order valence-corrected chi connectivity index (χ4v) is 3.43. The van der Waals surface area contributed by atoms with Gasteiger partial charge in [0.25, 0.3) is 10.2 Å². The van der Waals surface area contributed by atoms with E-state index in [0.717, 1.165) is 15.6 Å². The number of rotatable bonds is 2. The van der Waals surface area contributed by atoms with Crippen molar-refractivity contribution >= 4 is 26.1 Å². The molecular weight excluding hydrogens is 304 g/mol. The molecule has 0 N–H and O–H groups in total. The summed E-state index contributed by atoms with van der Waals surface area (Å²) in [6.07, 6.45) is 0. The average molecular weight is 319 g/mol. The number of hydrogen-bond donors (Lipinski definition) is 0. The number of halogens is 1. The van der Waals surface area contributed by atoms with Crippen LogP contribution in [-0.2, 0) is 16.8 Å². The molecule has 1 aromatic carbocycles. The lowest BCUT2D eigenvalue weighted by Crippen LogP contribution is -2.30. The molecule has 94 valence electrons. The Morgan fingerprint density at radius 2 is 2.06 bits per heavy atom. The standard InChI is InChI=1S/C11H15BrN2O2S/c1-9-7-10(3-4-11(9)12)8-14-6-5-13(2)17(14,15)16/h3-4,7H,5-6,8H2,1-2H3. The Balaban J connectivity index is 2.20. The van der Waals surface area contributed by atoms with E-state index in [-0.39, 0.29) is 0 Å². The molecule has 0 amide bonds. The molecule has 2 rings (SSSR count). The summed E-state index contributed by atoms with van der Waals surface area (Å²) in [7, 11) is -1.62. The largest absolute Gasteiger partial charge is 0.282 e. The monoisotopic (exact) mass is 318 g/mol. The van der Waals surface area contributed by atoms with E-state index in [2.05, 4.69) is 15.9 Å². The molecule has 1 aliphatic heterocycles. The molecule has 4 nitrogen and oxygen atoms in total. The summed E-state index contributed by atoms with van der Waals surface area (Å²) in [5.74, 6) is 0. The average Bonchev–Trinajstić information content (AvgIpc) is 2.50. The zero-order chi connectivity index (χ0) is 12.6. The highest BCUT2D eigenvalue weighted by molar-refractivity contribution is 9.10. The Hall–Kier alpha value is -0.430. The van der Waals surface area contributed by atoms with Crippen LogP contribution in [0.4, 0.5) is 0 Å². The second-order valence-electron chi connectivity index (χ2n) is 4.25. The fraction of sp³-hybridized carbons (Fsp3) is 0.455. The first-order chi connectivity index (χ1) is 7.91. The smallest absolute Gasteiger partial charge is 0.195 e. The summed E-state index contributed by atoms with van der Waals surface area (Å²) < 4.78 is 27.7. The number of aryl methyl sites for hydroxylation is 1. The van der Waals surface area contributed by atoms with Crippen LogP contribution >= 0.6 is 15.9 Å². The molecule has 0 aliphatic carbocycles. The first kappa shape index (κ1) is 13.0. The van der Waals surface area contributed by atoms with E-state index < -0.39 is 10.2 Å². The van der Waals surface area contributed by atoms with Crippen molar-refractivity contribution in [2.75, 3.05) is 20.1 Å². The van der Waals surface area contributed by atoms with E-state index in [4.69, 9.17) is 0 Å². The van der Waals surface area contributed by atoms with E-state index in [1.54, 1.807) is 7.05 Å². The SMILES string of the molecule is Cc1cc(CN2CCN(C)S2(=O)=O)ccc1Br. The van der Waals surface area contributed by atoms with Crippen LogP contribution in [0, 0.1) is 6.92 Å². The molecule has 0 saturated carbocycles. The molecule has 1 aromatic rings. The van der Waals surface area contributed by atoms with E-state index in [1.807, 2.05) is 25.1 Å². The molecule has 0 bridgehead atoms. The van der Waals surface area contributed by atoms with Crippen LogP contribution in [-0.4, -0.2) is 37.2 Å². The lowest BCUT2D eigenvalue weighted by molar-refractivity contribution is 0.444. The highest BCUT2D eigenvalue weighted by Crippen LogP contribution is 2.21. The van der Waals surface area contributed by atoms with Gasteiger partial charge in [-0.3, -0.25) is 0 Å². The third-order valence-corrected chi connectivity index (χ3v) is 5.79. The van der Waals surface area contributed by atoms with Crippen molar-refractivity contribution in [3.8, 4) is 0 Å². The second kappa shape index (κ2) is 4.68. The highest BCUT2D eigenvalue weighted by Gasteiger charge is 2.33. The third-order valence-electron chi connectivity index (χ3n) is 2.97. The van der Waals surface area contributed by atoms with Crippen molar-refractivity contribution < 1.29 is 8.42 Å². The number of benzene rings is 1. The molecule has 17 heavy (non-hydrogen) atoms. The molecule has 1 heterocycles. The molecule has 0 spiro atoms. The maximum Gasteiger partial charge on any atom is 0.282 e. The normalized spacial score (nSPS) is 20.9. The lowest BCUT2D eigenvalue weighted by Gasteiger charge is -2.16. The Morgan fingerprint density at radius 1 is 1.35 bits per heavy atom. The Bertz CT molecular complexity index is 530. The summed E-state index contributed by atoms with van der Waals surface area (Å²) >= 11 is 3.43. The summed E-state index contributed by atoms with van der Waals surface area (Å²) in [6.45, 7) is 3.57. The minimum atomic E-state index is -3.23. The molecule has 0 atom stereocenters. The minimum absolute atomic E-state index is 0.445. The van der Waals surface area contributed by atoms with Crippen LogP contribution in [0.3, 0.4) is 0 Å². The zero-order valence-corrected chi connectivity index (χ0v) is 12.3. The van der Waals surface area contributed by atoms with E-state index in [9.17, 15) is 8.42 Å². The Morgan fingerprint density at radius 3 is 2.59 bits per heavy atom. The van der Waals surface area contributed by atoms with Gasteiger partial charge in [0.1, 0.15) is 0 Å².